The maximum atomic E-state index is 12.3. The van der Waals surface area contributed by atoms with Gasteiger partial charge in [0.2, 0.25) is 0 Å². The molecule has 0 atom stereocenters. The Morgan fingerprint density at radius 2 is 2.15 bits per heavy atom. The zero-order valence-corrected chi connectivity index (χ0v) is 9.45. The number of rotatable bonds is 2. The summed E-state index contributed by atoms with van der Waals surface area (Å²) < 4.78 is 24.8. The lowest BCUT2D eigenvalue weighted by Crippen LogP contribution is -2.13. The third kappa shape index (κ3) is 2.17. The number of pyridine rings is 1. The first-order valence-electron chi connectivity index (χ1n) is 3.32. The number of aromatic amines is 1. The second kappa shape index (κ2) is 4.32. The Morgan fingerprint density at radius 1 is 1.54 bits per heavy atom. The first-order chi connectivity index (χ1) is 6.07. The predicted octanol–water partition coefficient (Wildman–Crippen LogP) is 2.97. The van der Waals surface area contributed by atoms with Crippen LogP contribution < -0.4 is 5.56 Å². The molecule has 0 saturated carbocycles. The molecule has 1 aromatic rings. The molecule has 0 unspecified atom stereocenters. The number of halogens is 4. The fraction of sp³-hybridized carbons (Fsp3) is 0.286. The molecule has 0 aliphatic heterocycles. The zero-order valence-electron chi connectivity index (χ0n) is 6.28. The fourth-order valence-corrected chi connectivity index (χ4v) is 2.36. The van der Waals surface area contributed by atoms with Crippen molar-refractivity contribution in [1.29, 1.82) is 0 Å². The third-order valence-corrected chi connectivity index (χ3v) is 3.02. The maximum Gasteiger partial charge on any atom is 0.266 e. The Kier molecular flexibility index (Phi) is 3.61. The van der Waals surface area contributed by atoms with Gasteiger partial charge in [0.1, 0.15) is 0 Å². The lowest BCUT2D eigenvalue weighted by molar-refractivity contribution is 0.150. The Balaban J connectivity index is 3.36. The summed E-state index contributed by atoms with van der Waals surface area (Å²) in [5.41, 5.74) is -0.292. The molecular weight excluding hydrogens is 312 g/mol. The number of nitrogens with one attached hydrogen (secondary N) is 1. The first kappa shape index (κ1) is 10.8. The number of hydrogen-bond acceptors (Lipinski definition) is 1. The second-order valence-electron chi connectivity index (χ2n) is 2.30. The molecule has 0 amide bonds. The number of aromatic nitrogens is 1. The van der Waals surface area contributed by atoms with Crippen molar-refractivity contribution in [2.45, 2.75) is 11.8 Å². The molecule has 1 heterocycles. The lowest BCUT2D eigenvalue weighted by Gasteiger charge is -2.05. The average molecular weight is 317 g/mol. The molecule has 0 bridgehead atoms. The van der Waals surface area contributed by atoms with E-state index in [9.17, 15) is 13.6 Å². The van der Waals surface area contributed by atoms with Crippen LogP contribution in [0.1, 0.15) is 17.6 Å². The van der Waals surface area contributed by atoms with Gasteiger partial charge in [0.15, 0.2) is 0 Å². The smallest absolute Gasteiger partial charge is 0.266 e. The minimum Gasteiger partial charge on any atom is -0.328 e. The van der Waals surface area contributed by atoms with E-state index < -0.39 is 6.43 Å². The summed E-state index contributed by atoms with van der Waals surface area (Å²) in [6, 6.07) is 0. The second-order valence-corrected chi connectivity index (χ2v) is 3.65. The molecule has 72 valence electrons. The fourth-order valence-electron chi connectivity index (χ4n) is 0.846. The van der Waals surface area contributed by atoms with Crippen LogP contribution in [0.2, 0.25) is 0 Å². The molecule has 2 nitrogen and oxygen atoms in total. The van der Waals surface area contributed by atoms with Crippen LogP contribution in [0.5, 0.6) is 0 Å². The SMILES string of the molecule is O=c1[nH]cc(C(F)F)c(Br)c1CBr. The van der Waals surface area contributed by atoms with Gasteiger partial charge < -0.3 is 4.98 Å². The number of hydrogen-bond donors (Lipinski definition) is 1. The summed E-state index contributed by atoms with van der Waals surface area (Å²) in [5.74, 6) is 0. The Hall–Kier alpha value is -0.230. The van der Waals surface area contributed by atoms with Crippen LogP contribution in [0.4, 0.5) is 8.78 Å². The van der Waals surface area contributed by atoms with E-state index >= 15 is 0 Å². The molecule has 0 aliphatic carbocycles. The molecular formula is C7H5Br2F2NO. The topological polar surface area (TPSA) is 32.9 Å². The lowest BCUT2D eigenvalue weighted by atomic mass is 10.2. The standard InChI is InChI=1S/C7H5Br2F2NO/c8-1-3-5(9)4(6(10)11)2-12-7(3)13/h2,6H,1H2,(H,12,13). The van der Waals surface area contributed by atoms with E-state index in [1.807, 2.05) is 0 Å². The normalized spacial score (nSPS) is 10.8. The number of H-pyrrole nitrogens is 1. The van der Waals surface area contributed by atoms with E-state index in [-0.39, 0.29) is 26.5 Å². The molecule has 0 spiro atoms. The molecule has 0 fully saturated rings. The van der Waals surface area contributed by atoms with Crippen molar-refractivity contribution < 1.29 is 8.78 Å². The average Bonchev–Trinajstić information content (AvgIpc) is 2.04. The van der Waals surface area contributed by atoms with Crippen molar-refractivity contribution in [3.63, 3.8) is 0 Å². The summed E-state index contributed by atoms with van der Waals surface area (Å²) in [6.07, 6.45) is -1.58. The van der Waals surface area contributed by atoms with Crippen LogP contribution in [0.25, 0.3) is 0 Å². The van der Waals surface area contributed by atoms with Gasteiger partial charge in [0.25, 0.3) is 12.0 Å². The van der Waals surface area contributed by atoms with E-state index in [4.69, 9.17) is 0 Å². The van der Waals surface area contributed by atoms with Gasteiger partial charge in [0, 0.05) is 27.1 Å². The first-order valence-corrected chi connectivity index (χ1v) is 5.23. The van der Waals surface area contributed by atoms with Crippen LogP contribution in [0.3, 0.4) is 0 Å². The third-order valence-electron chi connectivity index (χ3n) is 1.52. The van der Waals surface area contributed by atoms with Crippen molar-refractivity contribution in [2.75, 3.05) is 0 Å². The summed E-state index contributed by atoms with van der Waals surface area (Å²) in [7, 11) is 0. The van der Waals surface area contributed by atoms with Gasteiger partial charge in [-0.3, -0.25) is 4.79 Å². The molecule has 0 radical (unpaired) electrons. The summed E-state index contributed by atoms with van der Waals surface area (Å²) in [6.45, 7) is 0. The van der Waals surface area contributed by atoms with Crippen LogP contribution in [-0.2, 0) is 5.33 Å². The van der Waals surface area contributed by atoms with Crippen LogP contribution in [0.15, 0.2) is 15.5 Å². The van der Waals surface area contributed by atoms with Gasteiger partial charge in [-0.15, -0.1) is 0 Å². The molecule has 1 aromatic heterocycles. The van der Waals surface area contributed by atoms with Gasteiger partial charge in [-0.2, -0.15) is 0 Å². The van der Waals surface area contributed by atoms with Crippen LogP contribution in [0, 0.1) is 0 Å². The monoisotopic (exact) mass is 315 g/mol. The van der Waals surface area contributed by atoms with Crippen molar-refractivity contribution in [1.82, 2.24) is 4.98 Å². The van der Waals surface area contributed by atoms with E-state index in [0.29, 0.717) is 0 Å². The highest BCUT2D eigenvalue weighted by Gasteiger charge is 2.16. The van der Waals surface area contributed by atoms with Gasteiger partial charge in [-0.05, 0) is 15.9 Å². The largest absolute Gasteiger partial charge is 0.328 e. The number of alkyl halides is 3. The Bertz CT molecular complexity index is 364. The van der Waals surface area contributed by atoms with Crippen molar-refractivity contribution in [3.05, 3.63) is 32.2 Å². The van der Waals surface area contributed by atoms with Gasteiger partial charge in [-0.1, -0.05) is 15.9 Å². The maximum absolute atomic E-state index is 12.3. The van der Waals surface area contributed by atoms with Gasteiger partial charge in [0.05, 0.1) is 0 Å². The molecule has 6 heteroatoms. The molecule has 0 aliphatic rings. The molecule has 0 saturated heterocycles. The van der Waals surface area contributed by atoms with E-state index in [1.54, 1.807) is 0 Å². The highest BCUT2D eigenvalue weighted by Crippen LogP contribution is 2.28. The summed E-state index contributed by atoms with van der Waals surface area (Å²) in [4.78, 5) is 13.3. The van der Waals surface area contributed by atoms with Gasteiger partial charge in [-0.25, -0.2) is 8.78 Å². The minimum atomic E-state index is -2.59. The van der Waals surface area contributed by atoms with E-state index in [2.05, 4.69) is 36.8 Å². The van der Waals surface area contributed by atoms with Crippen molar-refractivity contribution >= 4 is 31.9 Å². The van der Waals surface area contributed by atoms with E-state index in [1.165, 1.54) is 0 Å². The highest BCUT2D eigenvalue weighted by molar-refractivity contribution is 9.10. The van der Waals surface area contributed by atoms with Crippen LogP contribution >= 0.6 is 31.9 Å². The molecule has 1 rings (SSSR count). The summed E-state index contributed by atoms with van der Waals surface area (Å²) >= 11 is 6.01. The highest BCUT2D eigenvalue weighted by atomic mass is 79.9. The molecule has 0 aromatic carbocycles. The van der Waals surface area contributed by atoms with Crippen molar-refractivity contribution in [2.24, 2.45) is 0 Å². The van der Waals surface area contributed by atoms with Gasteiger partial charge >= 0.3 is 0 Å². The Labute approximate surface area is 89.6 Å². The zero-order chi connectivity index (χ0) is 10.0. The minimum absolute atomic E-state index is 0.170. The van der Waals surface area contributed by atoms with Crippen molar-refractivity contribution in [3.8, 4) is 0 Å². The quantitative estimate of drug-likeness (QED) is 0.836. The Morgan fingerprint density at radius 3 is 2.62 bits per heavy atom. The molecule has 13 heavy (non-hydrogen) atoms. The molecule has 1 N–H and O–H groups in total. The summed E-state index contributed by atoms with van der Waals surface area (Å²) in [5, 5.41) is 0.240. The van der Waals surface area contributed by atoms with Crippen LogP contribution in [-0.4, -0.2) is 4.98 Å². The van der Waals surface area contributed by atoms with E-state index in [0.717, 1.165) is 6.20 Å². The predicted molar refractivity (Wildman–Crippen MR) is 52.4 cm³/mol.